The Balaban J connectivity index is 1.57. The molecule has 1 aromatic rings. The van der Waals surface area contributed by atoms with Crippen LogP contribution in [0.25, 0.3) is 0 Å². The Bertz CT molecular complexity index is 375. The highest BCUT2D eigenvalue weighted by Crippen LogP contribution is 2.36. The highest BCUT2D eigenvalue weighted by molar-refractivity contribution is 9.09. The van der Waals surface area contributed by atoms with Crippen molar-refractivity contribution in [2.75, 3.05) is 6.54 Å². The Morgan fingerprint density at radius 3 is 2.72 bits per heavy atom. The van der Waals surface area contributed by atoms with E-state index in [-0.39, 0.29) is 5.91 Å². The number of rotatable bonds is 7. The fourth-order valence-electron chi connectivity index (χ4n) is 2.02. The number of amides is 1. The Hall–Kier alpha value is -0.830. The van der Waals surface area contributed by atoms with Gasteiger partial charge in [-0.3, -0.25) is 4.79 Å². The smallest absolute Gasteiger partial charge is 0.220 e. The summed E-state index contributed by atoms with van der Waals surface area (Å²) in [5, 5.41) is 3.00. The van der Waals surface area contributed by atoms with Gasteiger partial charge in [-0.1, -0.05) is 46.3 Å². The zero-order chi connectivity index (χ0) is 12.8. The molecule has 0 aliphatic heterocycles. The fraction of sp³-hybridized carbons (Fsp3) is 0.533. The highest BCUT2D eigenvalue weighted by Gasteiger charge is 2.29. The normalized spacial score (nSPS) is 16.3. The third kappa shape index (κ3) is 4.81. The molecule has 0 heterocycles. The van der Waals surface area contributed by atoms with Gasteiger partial charge in [0.25, 0.3) is 0 Å². The van der Waals surface area contributed by atoms with Gasteiger partial charge in [0.2, 0.25) is 5.91 Å². The summed E-state index contributed by atoms with van der Waals surface area (Å²) in [7, 11) is 0. The van der Waals surface area contributed by atoms with E-state index in [4.69, 9.17) is 0 Å². The van der Waals surface area contributed by atoms with Gasteiger partial charge in [0.1, 0.15) is 0 Å². The first kappa shape index (κ1) is 13.6. The largest absolute Gasteiger partial charge is 0.355 e. The number of carbonyl (C=O) groups is 1. The zero-order valence-electron chi connectivity index (χ0n) is 10.6. The first-order valence-electron chi connectivity index (χ1n) is 6.70. The summed E-state index contributed by atoms with van der Waals surface area (Å²) < 4.78 is 0. The number of nitrogens with one attached hydrogen (secondary N) is 1. The first-order valence-corrected chi connectivity index (χ1v) is 7.62. The maximum absolute atomic E-state index is 11.6. The van der Waals surface area contributed by atoms with Crippen LogP contribution < -0.4 is 5.32 Å². The van der Waals surface area contributed by atoms with Crippen LogP contribution in [0.3, 0.4) is 0 Å². The van der Waals surface area contributed by atoms with Gasteiger partial charge in [0.15, 0.2) is 0 Å². The van der Waals surface area contributed by atoms with Crippen molar-refractivity contribution in [2.45, 2.75) is 36.9 Å². The molecule has 1 amide bonds. The number of alkyl halides is 1. The van der Waals surface area contributed by atoms with E-state index in [9.17, 15) is 4.79 Å². The summed E-state index contributed by atoms with van der Waals surface area (Å²) in [6.07, 6.45) is 5.14. The summed E-state index contributed by atoms with van der Waals surface area (Å²) in [6, 6.07) is 10.3. The van der Waals surface area contributed by atoms with Gasteiger partial charge in [-0.15, -0.1) is 0 Å². The number of halogens is 1. The summed E-state index contributed by atoms with van der Waals surface area (Å²) in [4.78, 5) is 12.1. The van der Waals surface area contributed by atoms with Gasteiger partial charge in [-0.2, -0.15) is 0 Å². The second-order valence-electron chi connectivity index (χ2n) is 5.00. The average Bonchev–Trinajstić information content (AvgIpc) is 3.21. The van der Waals surface area contributed by atoms with Crippen LogP contribution in [0.1, 0.15) is 31.2 Å². The predicted molar refractivity (Wildman–Crippen MR) is 77.8 cm³/mol. The van der Waals surface area contributed by atoms with Gasteiger partial charge in [0.05, 0.1) is 0 Å². The van der Waals surface area contributed by atoms with E-state index in [0.29, 0.717) is 11.2 Å². The molecule has 1 atom stereocenters. The average molecular weight is 310 g/mol. The lowest BCUT2D eigenvalue weighted by molar-refractivity contribution is -0.121. The molecule has 18 heavy (non-hydrogen) atoms. The van der Waals surface area contributed by atoms with Gasteiger partial charge in [-0.25, -0.2) is 0 Å². The van der Waals surface area contributed by atoms with Crippen molar-refractivity contribution in [3.05, 3.63) is 35.9 Å². The van der Waals surface area contributed by atoms with Crippen LogP contribution in [-0.4, -0.2) is 17.3 Å². The number of benzene rings is 1. The molecular weight excluding hydrogens is 290 g/mol. The second kappa shape index (κ2) is 6.93. The number of hydrogen-bond donors (Lipinski definition) is 1. The fourth-order valence-corrected chi connectivity index (χ4v) is 2.71. The van der Waals surface area contributed by atoms with Crippen LogP contribution >= 0.6 is 15.9 Å². The van der Waals surface area contributed by atoms with Gasteiger partial charge >= 0.3 is 0 Å². The third-order valence-corrected chi connectivity index (χ3v) is 4.41. The molecular formula is C15H20BrNO. The topological polar surface area (TPSA) is 29.1 Å². The minimum Gasteiger partial charge on any atom is -0.355 e. The maximum Gasteiger partial charge on any atom is 0.220 e. The molecule has 0 aromatic heterocycles. The molecule has 0 saturated heterocycles. The zero-order valence-corrected chi connectivity index (χ0v) is 12.2. The minimum atomic E-state index is 0.177. The van der Waals surface area contributed by atoms with Crippen molar-refractivity contribution in [1.82, 2.24) is 5.32 Å². The van der Waals surface area contributed by atoms with Crippen molar-refractivity contribution in [3.8, 4) is 0 Å². The Labute approximate surface area is 117 Å². The van der Waals surface area contributed by atoms with E-state index in [0.717, 1.165) is 25.3 Å². The molecule has 0 spiro atoms. The van der Waals surface area contributed by atoms with Crippen LogP contribution in [-0.2, 0) is 11.2 Å². The summed E-state index contributed by atoms with van der Waals surface area (Å²) in [6.45, 7) is 0.773. The number of aryl methyl sites for hydroxylation is 1. The lowest BCUT2D eigenvalue weighted by Gasteiger charge is -2.09. The van der Waals surface area contributed by atoms with E-state index < -0.39 is 0 Å². The molecule has 0 bridgehead atoms. The Morgan fingerprint density at radius 1 is 1.33 bits per heavy atom. The number of hydrogen-bond acceptors (Lipinski definition) is 1. The van der Waals surface area contributed by atoms with Crippen molar-refractivity contribution < 1.29 is 4.79 Å². The monoisotopic (exact) mass is 309 g/mol. The van der Waals surface area contributed by atoms with Crippen LogP contribution in [0.2, 0.25) is 0 Å². The van der Waals surface area contributed by atoms with Gasteiger partial charge in [0, 0.05) is 17.8 Å². The maximum atomic E-state index is 11.6. The minimum absolute atomic E-state index is 0.177. The predicted octanol–water partition coefficient (Wildman–Crippen LogP) is 3.30. The van der Waals surface area contributed by atoms with E-state index in [2.05, 4.69) is 33.4 Å². The number of carbonyl (C=O) groups excluding carboxylic acids is 1. The van der Waals surface area contributed by atoms with Crippen LogP contribution in [0, 0.1) is 5.92 Å². The molecule has 2 nitrogen and oxygen atoms in total. The summed E-state index contributed by atoms with van der Waals surface area (Å²) >= 11 is 3.62. The quantitative estimate of drug-likeness (QED) is 0.769. The molecule has 0 radical (unpaired) electrons. The standard InChI is InChI=1S/C15H20BrNO/c16-14(13-9-10-13)11-17-15(18)8-4-7-12-5-2-1-3-6-12/h1-3,5-6,13-14H,4,7-11H2,(H,17,18). The summed E-state index contributed by atoms with van der Waals surface area (Å²) in [5.74, 6) is 0.964. The molecule has 1 aliphatic carbocycles. The molecule has 3 heteroatoms. The lowest BCUT2D eigenvalue weighted by atomic mass is 10.1. The molecule has 2 rings (SSSR count). The van der Waals surface area contributed by atoms with Gasteiger partial charge in [-0.05, 0) is 37.2 Å². The van der Waals surface area contributed by atoms with E-state index in [1.807, 2.05) is 18.2 Å². The van der Waals surface area contributed by atoms with Crippen molar-refractivity contribution in [3.63, 3.8) is 0 Å². The molecule has 1 aliphatic rings. The molecule has 1 unspecified atom stereocenters. The summed E-state index contributed by atoms with van der Waals surface area (Å²) in [5.41, 5.74) is 1.31. The molecule has 1 fully saturated rings. The second-order valence-corrected chi connectivity index (χ2v) is 6.17. The van der Waals surface area contributed by atoms with E-state index in [1.165, 1.54) is 18.4 Å². The molecule has 1 saturated carbocycles. The first-order chi connectivity index (χ1) is 8.75. The van der Waals surface area contributed by atoms with Gasteiger partial charge < -0.3 is 5.32 Å². The molecule has 98 valence electrons. The Morgan fingerprint density at radius 2 is 2.06 bits per heavy atom. The van der Waals surface area contributed by atoms with E-state index >= 15 is 0 Å². The van der Waals surface area contributed by atoms with Crippen LogP contribution in [0.4, 0.5) is 0 Å². The van der Waals surface area contributed by atoms with Crippen molar-refractivity contribution in [1.29, 1.82) is 0 Å². The van der Waals surface area contributed by atoms with Crippen molar-refractivity contribution >= 4 is 21.8 Å². The lowest BCUT2D eigenvalue weighted by Crippen LogP contribution is -2.30. The van der Waals surface area contributed by atoms with Crippen molar-refractivity contribution in [2.24, 2.45) is 5.92 Å². The SMILES string of the molecule is O=C(CCCc1ccccc1)NCC(Br)C1CC1. The molecule has 1 aromatic carbocycles. The van der Waals surface area contributed by atoms with Crippen LogP contribution in [0.15, 0.2) is 30.3 Å². The Kier molecular flexibility index (Phi) is 5.24. The van der Waals surface area contributed by atoms with Crippen LogP contribution in [0.5, 0.6) is 0 Å². The third-order valence-electron chi connectivity index (χ3n) is 3.34. The highest BCUT2D eigenvalue weighted by atomic mass is 79.9. The van der Waals surface area contributed by atoms with E-state index in [1.54, 1.807) is 0 Å². The molecule has 1 N–H and O–H groups in total.